The third kappa shape index (κ3) is 4.71. The van der Waals surface area contributed by atoms with Gasteiger partial charge in [-0.05, 0) is 37.1 Å². The number of imidazole rings is 1. The number of piperidine rings is 1. The van der Waals surface area contributed by atoms with Crippen LogP contribution in [0.2, 0.25) is 0 Å². The van der Waals surface area contributed by atoms with E-state index in [4.69, 9.17) is 4.74 Å². The van der Waals surface area contributed by atoms with Crippen LogP contribution in [0.1, 0.15) is 35.6 Å². The standard InChI is InChI=1S/C20H25N5O3S2/c1-28-18-6-5-15(10-17(18)13-25-9-7-21-14-25)11-24-8-3-4-16(12-24)19-20(29-23-22-19)30(2,26)27/h5-7,9-10,14,16H,3-4,8,11-13H2,1-2H3/t16-/m1/s1. The smallest absolute Gasteiger partial charge is 0.188 e. The Kier molecular flexibility index (Phi) is 6.16. The van der Waals surface area contributed by atoms with Gasteiger partial charge in [-0.3, -0.25) is 4.90 Å². The van der Waals surface area contributed by atoms with Gasteiger partial charge in [0.1, 0.15) is 5.75 Å². The number of sulfone groups is 1. The average molecular weight is 448 g/mol. The third-order valence-corrected chi connectivity index (χ3v) is 7.93. The molecule has 0 spiro atoms. The van der Waals surface area contributed by atoms with Crippen molar-refractivity contribution in [2.75, 3.05) is 26.5 Å². The quantitative estimate of drug-likeness (QED) is 0.550. The van der Waals surface area contributed by atoms with Crippen molar-refractivity contribution < 1.29 is 13.2 Å². The number of aromatic nitrogens is 4. The van der Waals surface area contributed by atoms with Crippen molar-refractivity contribution in [2.45, 2.75) is 36.1 Å². The zero-order chi connectivity index (χ0) is 21.1. The lowest BCUT2D eigenvalue weighted by molar-refractivity contribution is 0.197. The first-order valence-electron chi connectivity index (χ1n) is 9.80. The molecule has 2 aromatic heterocycles. The lowest BCUT2D eigenvalue weighted by Crippen LogP contribution is -2.34. The van der Waals surface area contributed by atoms with Gasteiger partial charge in [-0.1, -0.05) is 10.6 Å². The van der Waals surface area contributed by atoms with Gasteiger partial charge < -0.3 is 9.30 Å². The van der Waals surface area contributed by atoms with Crippen LogP contribution < -0.4 is 4.74 Å². The molecule has 1 fully saturated rings. The average Bonchev–Trinajstić information content (AvgIpc) is 3.40. The molecule has 30 heavy (non-hydrogen) atoms. The van der Waals surface area contributed by atoms with Crippen molar-refractivity contribution in [3.8, 4) is 5.75 Å². The summed E-state index contributed by atoms with van der Waals surface area (Å²) in [6.45, 7) is 3.24. The van der Waals surface area contributed by atoms with E-state index in [0.717, 1.165) is 55.3 Å². The minimum absolute atomic E-state index is 0.0888. The molecule has 1 aliphatic rings. The number of hydrogen-bond acceptors (Lipinski definition) is 8. The lowest BCUT2D eigenvalue weighted by Gasteiger charge is -2.32. The molecule has 1 aliphatic heterocycles. The molecule has 1 atom stereocenters. The molecular weight excluding hydrogens is 422 g/mol. The third-order valence-electron chi connectivity index (χ3n) is 5.37. The first-order chi connectivity index (χ1) is 14.4. The van der Waals surface area contributed by atoms with Gasteiger partial charge >= 0.3 is 0 Å². The minimum Gasteiger partial charge on any atom is -0.496 e. The predicted molar refractivity (Wildman–Crippen MR) is 115 cm³/mol. The summed E-state index contributed by atoms with van der Waals surface area (Å²) in [7, 11) is -1.62. The highest BCUT2D eigenvalue weighted by Gasteiger charge is 2.29. The summed E-state index contributed by atoms with van der Waals surface area (Å²) >= 11 is 0.974. The molecule has 1 saturated heterocycles. The van der Waals surface area contributed by atoms with Crippen molar-refractivity contribution >= 4 is 21.4 Å². The van der Waals surface area contributed by atoms with E-state index in [0.29, 0.717) is 16.4 Å². The molecule has 3 aromatic rings. The summed E-state index contributed by atoms with van der Waals surface area (Å²) in [5, 5.41) is 4.16. The normalized spacial score (nSPS) is 17.9. The van der Waals surface area contributed by atoms with E-state index in [9.17, 15) is 8.42 Å². The number of likely N-dealkylation sites (tertiary alicyclic amines) is 1. The Hall–Kier alpha value is -2.30. The molecule has 10 heteroatoms. The van der Waals surface area contributed by atoms with Crippen molar-refractivity contribution in [3.63, 3.8) is 0 Å². The van der Waals surface area contributed by atoms with Gasteiger partial charge in [0.05, 0.1) is 25.7 Å². The first-order valence-corrected chi connectivity index (χ1v) is 12.5. The molecule has 0 amide bonds. The van der Waals surface area contributed by atoms with Crippen LogP contribution in [0, 0.1) is 0 Å². The summed E-state index contributed by atoms with van der Waals surface area (Å²) in [6, 6.07) is 6.27. The number of nitrogens with zero attached hydrogens (tertiary/aromatic N) is 5. The molecule has 3 heterocycles. The molecular formula is C20H25N5O3S2. The number of methoxy groups -OCH3 is 1. The van der Waals surface area contributed by atoms with Crippen LogP contribution in [0.25, 0.3) is 0 Å². The van der Waals surface area contributed by atoms with Gasteiger partial charge in [0.25, 0.3) is 0 Å². The number of ether oxygens (including phenoxy) is 1. The maximum atomic E-state index is 12.1. The van der Waals surface area contributed by atoms with Gasteiger partial charge in [0.2, 0.25) is 0 Å². The molecule has 0 bridgehead atoms. The fourth-order valence-corrected chi connectivity index (χ4v) is 5.74. The minimum atomic E-state index is -3.30. The Morgan fingerprint density at radius 1 is 1.30 bits per heavy atom. The molecule has 0 saturated carbocycles. The van der Waals surface area contributed by atoms with E-state index in [1.165, 1.54) is 11.8 Å². The van der Waals surface area contributed by atoms with Gasteiger partial charge in [0.15, 0.2) is 14.0 Å². The second-order valence-electron chi connectivity index (χ2n) is 7.67. The molecule has 4 rings (SSSR count). The Balaban J connectivity index is 1.50. The number of rotatable bonds is 7. The van der Waals surface area contributed by atoms with E-state index in [1.807, 2.05) is 16.8 Å². The molecule has 0 radical (unpaired) electrons. The second-order valence-corrected chi connectivity index (χ2v) is 10.6. The molecule has 0 aliphatic carbocycles. The van der Waals surface area contributed by atoms with Crippen molar-refractivity contribution in [1.82, 2.24) is 24.0 Å². The molecule has 0 N–H and O–H groups in total. The Morgan fingerprint density at radius 2 is 2.17 bits per heavy atom. The highest BCUT2D eigenvalue weighted by molar-refractivity contribution is 7.92. The van der Waals surface area contributed by atoms with Crippen LogP contribution in [0.15, 0.2) is 41.1 Å². The van der Waals surface area contributed by atoms with Gasteiger partial charge in [-0.15, -0.1) is 5.10 Å². The van der Waals surface area contributed by atoms with E-state index in [1.54, 1.807) is 19.6 Å². The van der Waals surface area contributed by atoms with Crippen molar-refractivity contribution in [1.29, 1.82) is 0 Å². The molecule has 0 unspecified atom stereocenters. The fraction of sp³-hybridized carbons (Fsp3) is 0.450. The van der Waals surface area contributed by atoms with Gasteiger partial charge in [0, 0.05) is 54.8 Å². The zero-order valence-corrected chi connectivity index (χ0v) is 18.7. The molecule has 8 nitrogen and oxygen atoms in total. The van der Waals surface area contributed by atoms with Crippen molar-refractivity contribution in [3.05, 3.63) is 53.7 Å². The summed E-state index contributed by atoms with van der Waals surface area (Å²) in [6.07, 6.45) is 8.65. The highest BCUT2D eigenvalue weighted by atomic mass is 32.2. The fourth-order valence-electron chi connectivity index (χ4n) is 4.01. The lowest BCUT2D eigenvalue weighted by atomic mass is 9.95. The van der Waals surface area contributed by atoms with Gasteiger partial charge in [-0.25, -0.2) is 13.4 Å². The van der Waals surface area contributed by atoms with Gasteiger partial charge in [-0.2, -0.15) is 0 Å². The van der Waals surface area contributed by atoms with Crippen LogP contribution in [0.4, 0.5) is 0 Å². The maximum absolute atomic E-state index is 12.1. The topological polar surface area (TPSA) is 90.2 Å². The predicted octanol–water partition coefficient (Wildman–Crippen LogP) is 2.57. The number of hydrogen-bond donors (Lipinski definition) is 0. The van der Waals surface area contributed by atoms with Crippen LogP contribution >= 0.6 is 11.5 Å². The number of benzene rings is 1. The molecule has 160 valence electrons. The summed E-state index contributed by atoms with van der Waals surface area (Å²) in [5.74, 6) is 0.946. The molecule has 1 aromatic carbocycles. The van der Waals surface area contributed by atoms with Crippen LogP contribution in [0.3, 0.4) is 0 Å². The van der Waals surface area contributed by atoms with E-state index >= 15 is 0 Å². The first kappa shape index (κ1) is 21.0. The summed E-state index contributed by atoms with van der Waals surface area (Å²) in [5.41, 5.74) is 2.93. The Bertz CT molecular complexity index is 1100. The van der Waals surface area contributed by atoms with E-state index < -0.39 is 9.84 Å². The SMILES string of the molecule is COc1ccc(CN2CCC[C@@H](c3nnsc3S(C)(=O)=O)C2)cc1Cn1ccnc1. The second kappa shape index (κ2) is 8.83. The van der Waals surface area contributed by atoms with E-state index in [2.05, 4.69) is 31.6 Å². The summed E-state index contributed by atoms with van der Waals surface area (Å²) < 4.78 is 35.9. The van der Waals surface area contributed by atoms with Crippen LogP contribution in [0.5, 0.6) is 5.75 Å². The van der Waals surface area contributed by atoms with E-state index in [-0.39, 0.29) is 5.92 Å². The monoisotopic (exact) mass is 447 g/mol. The van der Waals surface area contributed by atoms with Crippen molar-refractivity contribution in [2.24, 2.45) is 0 Å². The Morgan fingerprint density at radius 3 is 2.90 bits per heavy atom. The highest BCUT2D eigenvalue weighted by Crippen LogP contribution is 2.32. The summed E-state index contributed by atoms with van der Waals surface area (Å²) in [4.78, 5) is 6.47. The Labute approximate surface area is 180 Å². The zero-order valence-electron chi connectivity index (χ0n) is 17.1. The van der Waals surface area contributed by atoms with Crippen LogP contribution in [-0.4, -0.2) is 58.9 Å². The van der Waals surface area contributed by atoms with Crippen LogP contribution in [-0.2, 0) is 22.9 Å². The largest absolute Gasteiger partial charge is 0.496 e. The maximum Gasteiger partial charge on any atom is 0.188 e.